The second kappa shape index (κ2) is 14.2. The van der Waals surface area contributed by atoms with Crippen molar-refractivity contribution in [2.75, 3.05) is 38.6 Å². The smallest absolute Gasteiger partial charge is 0.310 e. The highest BCUT2D eigenvalue weighted by molar-refractivity contribution is 5.91. The second-order valence-corrected chi connectivity index (χ2v) is 14.1. The number of pyridine rings is 2. The van der Waals surface area contributed by atoms with Gasteiger partial charge in [0.2, 0.25) is 5.89 Å². The van der Waals surface area contributed by atoms with E-state index in [-0.39, 0.29) is 6.61 Å². The first-order chi connectivity index (χ1) is 25.1. The number of nitrogens with one attached hydrogen (secondary N) is 1. The lowest BCUT2D eigenvalue weighted by molar-refractivity contribution is -0.147. The number of nitrogens with zero attached hydrogens (tertiary/aromatic N) is 6. The van der Waals surface area contributed by atoms with Crippen LogP contribution in [-0.4, -0.2) is 74.2 Å². The molecular formula is C41H41N7O4. The van der Waals surface area contributed by atoms with Crippen molar-refractivity contribution in [3.63, 3.8) is 0 Å². The molecule has 3 aromatic carbocycles. The number of carbonyl (C=O) groups is 1. The van der Waals surface area contributed by atoms with Gasteiger partial charge in [0, 0.05) is 55.2 Å². The van der Waals surface area contributed by atoms with E-state index >= 15 is 0 Å². The van der Waals surface area contributed by atoms with Gasteiger partial charge in [-0.3, -0.25) is 19.6 Å². The summed E-state index contributed by atoms with van der Waals surface area (Å²) in [5.74, 6) is 0.314. The van der Waals surface area contributed by atoms with Gasteiger partial charge in [0.15, 0.2) is 11.4 Å². The molecule has 1 saturated heterocycles. The largest absolute Gasteiger partial charge is 0.481 e. The highest BCUT2D eigenvalue weighted by atomic mass is 16.4. The number of hydrogen-bond donors (Lipinski definition) is 3. The number of nitriles is 1. The number of benzene rings is 3. The zero-order valence-corrected chi connectivity index (χ0v) is 29.8. The summed E-state index contributed by atoms with van der Waals surface area (Å²) >= 11 is 0. The van der Waals surface area contributed by atoms with Crippen LogP contribution in [0.15, 0.2) is 77.5 Å². The highest BCUT2D eigenvalue weighted by Crippen LogP contribution is 2.38. The lowest BCUT2D eigenvalue weighted by Crippen LogP contribution is -2.31. The van der Waals surface area contributed by atoms with Gasteiger partial charge in [-0.25, -0.2) is 9.97 Å². The van der Waals surface area contributed by atoms with Crippen molar-refractivity contribution in [2.24, 2.45) is 5.41 Å². The standard InChI is InChI=1S/C41H41N7O4/c1-25-31(32-8-6-10-34(26(32)2)45-38-36-29(11-13-43-38)18-28(21-44-36)22-47(4)15-16-49)7-5-9-33(25)39-46-35-19-27(17-30(20-42)37(35)52-39)23-48-14-12-41(3,24-48)40(50)51/h5-11,13,17-19,21,49H,12,14-16,22-24H2,1-4H3,(H,43,45)(H,50,51)/t41-/m1/s1. The number of aliphatic hydroxyl groups is 1. The molecule has 264 valence electrons. The molecule has 4 heterocycles. The van der Waals surface area contributed by atoms with Crippen molar-refractivity contribution < 1.29 is 19.4 Å². The number of rotatable bonds is 11. The highest BCUT2D eigenvalue weighted by Gasteiger charge is 2.40. The van der Waals surface area contributed by atoms with Crippen LogP contribution in [0.4, 0.5) is 11.5 Å². The number of carboxylic acid groups (broad SMARTS) is 1. The number of hydrogen-bond acceptors (Lipinski definition) is 10. The fraction of sp³-hybridized carbons (Fsp3) is 0.293. The van der Waals surface area contributed by atoms with Crippen LogP contribution in [0, 0.1) is 30.6 Å². The summed E-state index contributed by atoms with van der Waals surface area (Å²) in [6, 6.07) is 22.3. The van der Waals surface area contributed by atoms with Crippen LogP contribution < -0.4 is 5.32 Å². The fourth-order valence-corrected chi connectivity index (χ4v) is 7.20. The van der Waals surface area contributed by atoms with E-state index in [0.29, 0.717) is 67.5 Å². The topological polar surface area (TPSA) is 152 Å². The molecule has 6 aromatic rings. The first kappa shape index (κ1) is 34.8. The van der Waals surface area contributed by atoms with Gasteiger partial charge >= 0.3 is 5.97 Å². The molecule has 1 aliphatic heterocycles. The number of anilines is 2. The number of aliphatic hydroxyl groups excluding tert-OH is 1. The minimum absolute atomic E-state index is 0.108. The first-order valence-electron chi connectivity index (χ1n) is 17.4. The molecule has 0 saturated carbocycles. The van der Waals surface area contributed by atoms with E-state index in [1.165, 1.54) is 0 Å². The van der Waals surface area contributed by atoms with Gasteiger partial charge in [0.1, 0.15) is 17.1 Å². The molecule has 3 N–H and O–H groups in total. The SMILES string of the molecule is Cc1c(Nc2nccc3cc(CN(C)CCO)cnc23)cccc1-c1cccc(-c2nc3cc(CN4CC[C@@](C)(C(=O)O)C4)cc(C#N)c3o2)c1C. The normalized spacial score (nSPS) is 16.2. The fourth-order valence-electron chi connectivity index (χ4n) is 7.20. The summed E-state index contributed by atoms with van der Waals surface area (Å²) in [5, 5.41) is 33.5. The van der Waals surface area contributed by atoms with Gasteiger partial charge in [0.25, 0.3) is 0 Å². The molecule has 1 atom stereocenters. The lowest BCUT2D eigenvalue weighted by atomic mass is 9.90. The Kier molecular flexibility index (Phi) is 9.46. The van der Waals surface area contributed by atoms with Gasteiger partial charge in [-0.1, -0.05) is 24.3 Å². The molecule has 0 radical (unpaired) electrons. The number of oxazole rings is 1. The minimum atomic E-state index is -0.784. The van der Waals surface area contributed by atoms with E-state index in [0.717, 1.165) is 55.5 Å². The molecule has 3 aromatic heterocycles. The third-order valence-electron chi connectivity index (χ3n) is 10.2. The number of aliphatic carboxylic acids is 1. The van der Waals surface area contributed by atoms with Gasteiger partial charge < -0.3 is 19.9 Å². The van der Waals surface area contributed by atoms with Crippen molar-refractivity contribution in [3.8, 4) is 28.7 Å². The van der Waals surface area contributed by atoms with Gasteiger partial charge in [-0.2, -0.15) is 5.26 Å². The average Bonchev–Trinajstić information content (AvgIpc) is 3.73. The molecule has 0 bridgehead atoms. The Morgan fingerprint density at radius 1 is 1.06 bits per heavy atom. The molecule has 11 heteroatoms. The Morgan fingerprint density at radius 3 is 2.58 bits per heavy atom. The number of likely N-dealkylation sites (tertiary alicyclic amines) is 1. The number of aromatic nitrogens is 3. The molecular weight excluding hydrogens is 654 g/mol. The first-order valence-corrected chi connectivity index (χ1v) is 17.4. The Bertz CT molecular complexity index is 2360. The second-order valence-electron chi connectivity index (χ2n) is 14.1. The van der Waals surface area contributed by atoms with Crippen molar-refractivity contribution in [2.45, 2.75) is 40.3 Å². The maximum atomic E-state index is 11.8. The van der Waals surface area contributed by atoms with E-state index < -0.39 is 11.4 Å². The maximum Gasteiger partial charge on any atom is 0.310 e. The zero-order chi connectivity index (χ0) is 36.6. The van der Waals surface area contributed by atoms with Crippen molar-refractivity contribution in [1.82, 2.24) is 24.8 Å². The maximum absolute atomic E-state index is 11.8. The summed E-state index contributed by atoms with van der Waals surface area (Å²) in [6.07, 6.45) is 4.22. The van der Waals surface area contributed by atoms with Crippen LogP contribution >= 0.6 is 0 Å². The van der Waals surface area contributed by atoms with Gasteiger partial charge in [-0.15, -0.1) is 0 Å². The molecule has 7 rings (SSSR count). The monoisotopic (exact) mass is 695 g/mol. The van der Waals surface area contributed by atoms with E-state index in [2.05, 4.69) is 51.3 Å². The summed E-state index contributed by atoms with van der Waals surface area (Å²) in [5.41, 5.74) is 9.22. The third-order valence-corrected chi connectivity index (χ3v) is 10.2. The third kappa shape index (κ3) is 6.72. The Morgan fingerprint density at radius 2 is 1.83 bits per heavy atom. The Balaban J connectivity index is 1.17. The van der Waals surface area contributed by atoms with E-state index in [9.17, 15) is 20.3 Å². The van der Waals surface area contributed by atoms with Gasteiger partial charge in [-0.05, 0) is 111 Å². The van der Waals surface area contributed by atoms with Crippen LogP contribution in [0.3, 0.4) is 0 Å². The van der Waals surface area contributed by atoms with Crippen LogP contribution in [-0.2, 0) is 17.9 Å². The van der Waals surface area contributed by atoms with Crippen molar-refractivity contribution in [3.05, 3.63) is 101 Å². The van der Waals surface area contributed by atoms with E-state index in [4.69, 9.17) is 14.4 Å². The summed E-state index contributed by atoms with van der Waals surface area (Å²) < 4.78 is 6.29. The lowest BCUT2D eigenvalue weighted by Gasteiger charge is -2.20. The Hall–Kier alpha value is -5.67. The molecule has 0 aliphatic carbocycles. The summed E-state index contributed by atoms with van der Waals surface area (Å²) in [7, 11) is 1.97. The molecule has 1 aliphatic rings. The summed E-state index contributed by atoms with van der Waals surface area (Å²) in [6.45, 7) is 8.96. The molecule has 52 heavy (non-hydrogen) atoms. The Labute approximate surface area is 302 Å². The summed E-state index contributed by atoms with van der Waals surface area (Å²) in [4.78, 5) is 30.2. The number of likely N-dealkylation sites (N-methyl/N-ethyl adjacent to an activating group) is 1. The predicted octanol–water partition coefficient (Wildman–Crippen LogP) is 7.06. The van der Waals surface area contributed by atoms with Crippen molar-refractivity contribution in [1.29, 1.82) is 5.26 Å². The molecule has 0 unspecified atom stereocenters. The predicted molar refractivity (Wildman–Crippen MR) is 201 cm³/mol. The van der Waals surface area contributed by atoms with Crippen LogP contribution in [0.25, 0.3) is 44.6 Å². The van der Waals surface area contributed by atoms with Gasteiger partial charge in [0.05, 0.1) is 17.6 Å². The quantitative estimate of drug-likeness (QED) is 0.128. The molecule has 0 amide bonds. The minimum Gasteiger partial charge on any atom is -0.481 e. The van der Waals surface area contributed by atoms with Crippen LogP contribution in [0.2, 0.25) is 0 Å². The van der Waals surface area contributed by atoms with Crippen LogP contribution in [0.5, 0.6) is 0 Å². The number of carboxylic acids is 1. The van der Waals surface area contributed by atoms with E-state index in [1.807, 2.05) is 62.6 Å². The molecule has 11 nitrogen and oxygen atoms in total. The average molecular weight is 696 g/mol. The van der Waals surface area contributed by atoms with Crippen LogP contribution in [0.1, 0.15) is 41.2 Å². The zero-order valence-electron chi connectivity index (χ0n) is 29.8. The molecule has 0 spiro atoms. The van der Waals surface area contributed by atoms with E-state index in [1.54, 1.807) is 13.1 Å². The molecule has 1 fully saturated rings. The number of fused-ring (bicyclic) bond motifs is 2. The van der Waals surface area contributed by atoms with Crippen molar-refractivity contribution >= 4 is 39.5 Å².